The first-order valence-corrected chi connectivity index (χ1v) is 12.1. The Morgan fingerprint density at radius 3 is 2.41 bits per heavy atom. The molecule has 1 atom stereocenters. The van der Waals surface area contributed by atoms with Crippen LogP contribution in [0.5, 0.6) is 0 Å². The summed E-state index contributed by atoms with van der Waals surface area (Å²) in [5, 5.41) is 10.8. The van der Waals surface area contributed by atoms with Gasteiger partial charge in [0.15, 0.2) is 11.5 Å². The molecule has 0 saturated carbocycles. The van der Waals surface area contributed by atoms with Crippen LogP contribution in [0.25, 0.3) is 6.08 Å². The van der Waals surface area contributed by atoms with Gasteiger partial charge < -0.3 is 19.3 Å². The first kappa shape index (κ1) is 24.0. The zero-order valence-electron chi connectivity index (χ0n) is 20.3. The lowest BCUT2D eigenvalue weighted by molar-refractivity contribution is -0.129. The molecular weight excluding hydrogens is 428 g/mol. The van der Waals surface area contributed by atoms with E-state index in [1.165, 1.54) is 24.3 Å². The number of hydrogen-bond donors (Lipinski definition) is 1. The Labute approximate surface area is 201 Å². The van der Waals surface area contributed by atoms with E-state index in [0.717, 1.165) is 38.0 Å². The molecule has 4 rings (SSSR count). The van der Waals surface area contributed by atoms with Crippen molar-refractivity contribution in [2.24, 2.45) is 0 Å². The molecule has 1 aromatic heterocycles. The van der Waals surface area contributed by atoms with Crippen LogP contribution >= 0.6 is 0 Å². The van der Waals surface area contributed by atoms with E-state index in [0.29, 0.717) is 12.3 Å². The highest BCUT2D eigenvalue weighted by molar-refractivity contribution is 6.14. The van der Waals surface area contributed by atoms with Crippen molar-refractivity contribution in [1.82, 2.24) is 9.80 Å². The molecule has 2 aliphatic rings. The Morgan fingerprint density at radius 1 is 1.09 bits per heavy atom. The fourth-order valence-corrected chi connectivity index (χ4v) is 4.71. The van der Waals surface area contributed by atoms with Gasteiger partial charge in [0.25, 0.3) is 5.91 Å². The predicted octanol–water partition coefficient (Wildman–Crippen LogP) is 5.04. The van der Waals surface area contributed by atoms with E-state index in [-0.39, 0.29) is 11.0 Å². The van der Waals surface area contributed by atoms with Crippen LogP contribution < -0.4 is 0 Å². The third-order valence-electron chi connectivity index (χ3n) is 6.71. The molecule has 0 aliphatic carbocycles. The third kappa shape index (κ3) is 5.17. The topological polar surface area (TPSA) is 74.0 Å². The van der Waals surface area contributed by atoms with E-state index in [9.17, 15) is 14.7 Å². The maximum atomic E-state index is 13.2. The van der Waals surface area contributed by atoms with Crippen molar-refractivity contribution in [2.75, 3.05) is 26.2 Å². The molecule has 1 saturated heterocycles. The smallest absolute Gasteiger partial charge is 0.290 e. The molecule has 180 valence electrons. The number of piperidine rings is 1. The van der Waals surface area contributed by atoms with Gasteiger partial charge in [-0.3, -0.25) is 9.59 Å². The summed E-state index contributed by atoms with van der Waals surface area (Å²) in [5.74, 6) is -0.812. The average Bonchev–Trinajstić information content (AvgIpc) is 3.43. The molecule has 2 aromatic rings. The van der Waals surface area contributed by atoms with E-state index in [4.69, 9.17) is 4.42 Å². The lowest BCUT2D eigenvalue weighted by atomic mass is 9.85. The molecular formula is C28H34N2O4. The number of allylic oxidation sites excluding steroid dienone is 1. The van der Waals surface area contributed by atoms with Gasteiger partial charge in [-0.05, 0) is 66.8 Å². The number of furan rings is 1. The number of carbonyl (C=O) groups is 2. The van der Waals surface area contributed by atoms with Gasteiger partial charge in [-0.1, -0.05) is 51.5 Å². The molecule has 3 heterocycles. The van der Waals surface area contributed by atoms with Crippen molar-refractivity contribution < 1.29 is 19.1 Å². The standard InChI is InChI=1S/C28H34N2O4/c1-28(2,3)21-11-9-20(10-12-21)25-24(23(31)14-13-22-8-7-19-34-22)26(32)27(33)30(25)18-17-29-15-5-4-6-16-29/h7-14,19,25,32H,4-6,15-18H2,1-3H3/b14-13+. The number of aliphatic hydroxyl groups is 1. The quantitative estimate of drug-likeness (QED) is 0.584. The highest BCUT2D eigenvalue weighted by Crippen LogP contribution is 2.38. The third-order valence-corrected chi connectivity index (χ3v) is 6.71. The van der Waals surface area contributed by atoms with E-state index >= 15 is 0 Å². The van der Waals surface area contributed by atoms with Crippen molar-refractivity contribution in [1.29, 1.82) is 0 Å². The van der Waals surface area contributed by atoms with Crippen molar-refractivity contribution in [3.8, 4) is 0 Å². The van der Waals surface area contributed by atoms with Gasteiger partial charge >= 0.3 is 0 Å². The van der Waals surface area contributed by atoms with Crippen molar-refractivity contribution in [2.45, 2.75) is 51.5 Å². The van der Waals surface area contributed by atoms with Crippen LogP contribution in [-0.2, 0) is 15.0 Å². The summed E-state index contributed by atoms with van der Waals surface area (Å²) >= 11 is 0. The van der Waals surface area contributed by atoms with Crippen LogP contribution in [0.1, 0.15) is 63.0 Å². The molecule has 34 heavy (non-hydrogen) atoms. The molecule has 1 unspecified atom stereocenters. The highest BCUT2D eigenvalue weighted by atomic mass is 16.3. The monoisotopic (exact) mass is 462 g/mol. The van der Waals surface area contributed by atoms with E-state index in [1.807, 2.05) is 24.3 Å². The minimum absolute atomic E-state index is 0.0135. The number of rotatable bonds is 7. The summed E-state index contributed by atoms with van der Waals surface area (Å²) in [6.45, 7) is 9.64. The normalized spacial score (nSPS) is 20.0. The Balaban J connectivity index is 1.64. The summed E-state index contributed by atoms with van der Waals surface area (Å²) in [6.07, 6.45) is 8.02. The summed E-state index contributed by atoms with van der Waals surface area (Å²) in [6, 6.07) is 10.9. The Hall–Kier alpha value is -3.12. The first-order chi connectivity index (χ1) is 16.3. The zero-order valence-corrected chi connectivity index (χ0v) is 20.3. The maximum Gasteiger partial charge on any atom is 0.290 e. The number of likely N-dealkylation sites (tertiary alicyclic amines) is 1. The van der Waals surface area contributed by atoms with Gasteiger partial charge in [-0.25, -0.2) is 0 Å². The second kappa shape index (κ2) is 10.0. The van der Waals surface area contributed by atoms with Gasteiger partial charge in [0.05, 0.1) is 17.9 Å². The van der Waals surface area contributed by atoms with Crippen LogP contribution in [0.2, 0.25) is 0 Å². The van der Waals surface area contributed by atoms with E-state index < -0.39 is 23.5 Å². The number of carbonyl (C=O) groups excluding carboxylic acids is 2. The summed E-state index contributed by atoms with van der Waals surface area (Å²) in [5.41, 5.74) is 2.09. The van der Waals surface area contributed by atoms with Crippen LogP contribution in [-0.4, -0.2) is 52.8 Å². The summed E-state index contributed by atoms with van der Waals surface area (Å²) < 4.78 is 5.28. The van der Waals surface area contributed by atoms with E-state index in [2.05, 4.69) is 25.7 Å². The van der Waals surface area contributed by atoms with Gasteiger partial charge in [0.1, 0.15) is 5.76 Å². The second-order valence-corrected chi connectivity index (χ2v) is 10.2. The minimum atomic E-state index is -0.625. The lowest BCUT2D eigenvalue weighted by Crippen LogP contribution is -2.40. The second-order valence-electron chi connectivity index (χ2n) is 10.2. The molecule has 0 radical (unpaired) electrons. The van der Waals surface area contributed by atoms with E-state index in [1.54, 1.807) is 23.1 Å². The van der Waals surface area contributed by atoms with Crippen molar-refractivity contribution in [3.05, 3.63) is 77.0 Å². The van der Waals surface area contributed by atoms with Crippen LogP contribution in [0, 0.1) is 0 Å². The SMILES string of the molecule is CC(C)(C)c1ccc(C2C(C(=O)/C=C/c3ccco3)=C(O)C(=O)N2CCN2CCCCC2)cc1. The molecule has 0 bridgehead atoms. The molecule has 1 fully saturated rings. The largest absolute Gasteiger partial charge is 0.503 e. The Morgan fingerprint density at radius 2 is 1.79 bits per heavy atom. The molecule has 2 aliphatic heterocycles. The minimum Gasteiger partial charge on any atom is -0.503 e. The maximum absolute atomic E-state index is 13.2. The Bertz CT molecular complexity index is 1070. The molecule has 1 N–H and O–H groups in total. The first-order valence-electron chi connectivity index (χ1n) is 12.1. The molecule has 1 aromatic carbocycles. The molecule has 6 heteroatoms. The zero-order chi connectivity index (χ0) is 24.3. The number of hydrogen-bond acceptors (Lipinski definition) is 5. The molecule has 6 nitrogen and oxygen atoms in total. The van der Waals surface area contributed by atoms with Crippen molar-refractivity contribution in [3.63, 3.8) is 0 Å². The predicted molar refractivity (Wildman–Crippen MR) is 132 cm³/mol. The highest BCUT2D eigenvalue weighted by Gasteiger charge is 2.42. The Kier molecular flexibility index (Phi) is 7.08. The number of aliphatic hydroxyl groups excluding tert-OH is 1. The van der Waals surface area contributed by atoms with Gasteiger partial charge in [0.2, 0.25) is 0 Å². The fourth-order valence-electron chi connectivity index (χ4n) is 4.71. The number of benzene rings is 1. The average molecular weight is 463 g/mol. The van der Waals surface area contributed by atoms with Crippen LogP contribution in [0.15, 0.2) is 64.5 Å². The molecule has 1 amide bonds. The van der Waals surface area contributed by atoms with Gasteiger partial charge in [-0.2, -0.15) is 0 Å². The van der Waals surface area contributed by atoms with Crippen molar-refractivity contribution >= 4 is 17.8 Å². The van der Waals surface area contributed by atoms with Crippen LogP contribution in [0.3, 0.4) is 0 Å². The number of amides is 1. The lowest BCUT2D eigenvalue weighted by Gasteiger charge is -2.32. The van der Waals surface area contributed by atoms with Crippen LogP contribution in [0.4, 0.5) is 0 Å². The van der Waals surface area contributed by atoms with Gasteiger partial charge in [-0.15, -0.1) is 0 Å². The number of ketones is 1. The summed E-state index contributed by atoms with van der Waals surface area (Å²) in [4.78, 5) is 30.4. The summed E-state index contributed by atoms with van der Waals surface area (Å²) in [7, 11) is 0. The fraction of sp³-hybridized carbons (Fsp3) is 0.429. The molecule has 0 spiro atoms. The number of nitrogens with zero attached hydrogens (tertiary/aromatic N) is 2. The van der Waals surface area contributed by atoms with Gasteiger partial charge in [0, 0.05) is 13.1 Å².